The van der Waals surface area contributed by atoms with Crippen LogP contribution in [0.5, 0.6) is 0 Å². The van der Waals surface area contributed by atoms with Gasteiger partial charge in [-0.15, -0.1) is 0 Å². The molecule has 1 aliphatic heterocycles. The highest BCUT2D eigenvalue weighted by molar-refractivity contribution is 7.89. The second-order valence-electron chi connectivity index (χ2n) is 5.92. The minimum atomic E-state index is -3.35. The Morgan fingerprint density at radius 1 is 1.20 bits per heavy atom. The molecular weight excluding hydrogens is 274 g/mol. The average Bonchev–Trinajstić information content (AvgIpc) is 2.38. The van der Waals surface area contributed by atoms with Crippen LogP contribution in [0.1, 0.15) is 13.8 Å². The lowest BCUT2D eigenvalue weighted by Crippen LogP contribution is -2.58. The number of nitrogens with one attached hydrogen (secondary N) is 1. The van der Waals surface area contributed by atoms with Crippen LogP contribution in [0.25, 0.3) is 0 Å². The molecule has 0 radical (unpaired) electrons. The molecule has 0 atom stereocenters. The smallest absolute Gasteiger partial charge is 0.242 e. The molecule has 0 spiro atoms. The second kappa shape index (κ2) is 5.35. The maximum absolute atomic E-state index is 12.0. The molecule has 1 N–H and O–H groups in total. The first kappa shape index (κ1) is 15.3. The summed E-state index contributed by atoms with van der Waals surface area (Å²) >= 11 is 0. The maximum atomic E-state index is 12.0. The summed E-state index contributed by atoms with van der Waals surface area (Å²) in [4.78, 5) is 2.65. The molecule has 1 aliphatic rings. The largest absolute Gasteiger partial charge is 0.364 e. The molecule has 0 amide bonds. The number of hydrogen-bond donors (Lipinski definition) is 1. The Morgan fingerprint density at radius 2 is 1.80 bits per heavy atom. The molecule has 2 rings (SSSR count). The molecule has 0 aromatic heterocycles. The van der Waals surface area contributed by atoms with Crippen LogP contribution < -0.4 is 10.2 Å². The summed E-state index contributed by atoms with van der Waals surface area (Å²) in [5.74, 6) is 0. The topological polar surface area (TPSA) is 52.7 Å². The normalized spacial score (nSPS) is 19.4. The van der Waals surface area contributed by atoms with Gasteiger partial charge in [0.25, 0.3) is 0 Å². The summed E-state index contributed by atoms with van der Waals surface area (Å²) in [6.45, 7) is 7.16. The molecule has 6 heteroatoms. The number of hydrogen-bond acceptors (Lipinski definition) is 4. The fraction of sp³-hybridized carbons (Fsp3) is 0.571. The summed E-state index contributed by atoms with van der Waals surface area (Å²) in [5, 5.41) is 3.38. The van der Waals surface area contributed by atoms with Gasteiger partial charge in [-0.25, -0.2) is 12.7 Å². The van der Waals surface area contributed by atoms with Crippen LogP contribution >= 0.6 is 0 Å². The highest BCUT2D eigenvalue weighted by atomic mass is 32.2. The van der Waals surface area contributed by atoms with E-state index in [0.29, 0.717) is 4.90 Å². The van der Waals surface area contributed by atoms with Crippen molar-refractivity contribution >= 4 is 15.7 Å². The number of nitrogens with zero attached hydrogens (tertiary/aromatic N) is 2. The minimum Gasteiger partial charge on any atom is -0.364 e. The van der Waals surface area contributed by atoms with Gasteiger partial charge in [0.2, 0.25) is 10.0 Å². The molecule has 112 valence electrons. The first-order chi connectivity index (χ1) is 9.25. The van der Waals surface area contributed by atoms with Gasteiger partial charge in [-0.2, -0.15) is 0 Å². The van der Waals surface area contributed by atoms with Crippen molar-refractivity contribution < 1.29 is 8.42 Å². The van der Waals surface area contributed by atoms with Crippen molar-refractivity contribution in [1.82, 2.24) is 9.62 Å². The van der Waals surface area contributed by atoms with E-state index in [0.717, 1.165) is 25.3 Å². The van der Waals surface area contributed by atoms with Gasteiger partial charge in [-0.05, 0) is 38.1 Å². The summed E-state index contributed by atoms with van der Waals surface area (Å²) in [6.07, 6.45) is 0. The molecule has 5 nitrogen and oxygen atoms in total. The summed E-state index contributed by atoms with van der Waals surface area (Å²) in [7, 11) is -0.262. The molecule has 0 bridgehead atoms. The number of benzene rings is 1. The third-order valence-electron chi connectivity index (χ3n) is 3.73. The average molecular weight is 297 g/mol. The van der Waals surface area contributed by atoms with Crippen LogP contribution in [0, 0.1) is 0 Å². The highest BCUT2D eigenvalue weighted by Gasteiger charge is 2.29. The lowest BCUT2D eigenvalue weighted by atomic mass is 9.99. The Balaban J connectivity index is 2.29. The first-order valence-corrected chi connectivity index (χ1v) is 8.20. The SMILES string of the molecule is CN(C)S(=O)(=O)c1ccc(N2CCNCC2(C)C)cc1. The predicted molar refractivity (Wildman–Crippen MR) is 81.6 cm³/mol. The molecule has 0 unspecified atom stereocenters. The van der Waals surface area contributed by atoms with Gasteiger partial charge >= 0.3 is 0 Å². The lowest BCUT2D eigenvalue weighted by Gasteiger charge is -2.44. The van der Waals surface area contributed by atoms with Crippen molar-refractivity contribution in [2.24, 2.45) is 0 Å². The third-order valence-corrected chi connectivity index (χ3v) is 5.56. The molecule has 1 aromatic rings. The van der Waals surface area contributed by atoms with Crippen molar-refractivity contribution in [2.45, 2.75) is 24.3 Å². The monoisotopic (exact) mass is 297 g/mol. The minimum absolute atomic E-state index is 0.0280. The fourth-order valence-electron chi connectivity index (χ4n) is 2.47. The Labute approximate surface area is 121 Å². The van der Waals surface area contributed by atoms with Crippen LogP contribution in [0.3, 0.4) is 0 Å². The van der Waals surface area contributed by atoms with E-state index in [1.165, 1.54) is 4.31 Å². The van der Waals surface area contributed by atoms with E-state index in [4.69, 9.17) is 0 Å². The van der Waals surface area contributed by atoms with E-state index in [1.807, 2.05) is 12.1 Å². The lowest BCUT2D eigenvalue weighted by molar-refractivity contribution is 0.380. The van der Waals surface area contributed by atoms with Gasteiger partial charge in [-0.3, -0.25) is 0 Å². The van der Waals surface area contributed by atoms with E-state index in [1.54, 1.807) is 26.2 Å². The van der Waals surface area contributed by atoms with Crippen molar-refractivity contribution in [3.63, 3.8) is 0 Å². The molecular formula is C14H23N3O2S. The molecule has 1 fully saturated rings. The number of piperazine rings is 1. The van der Waals surface area contributed by atoms with Crippen molar-refractivity contribution in [1.29, 1.82) is 0 Å². The molecule has 1 saturated heterocycles. The molecule has 20 heavy (non-hydrogen) atoms. The number of anilines is 1. The number of sulfonamides is 1. The molecule has 0 aliphatic carbocycles. The van der Waals surface area contributed by atoms with Crippen molar-refractivity contribution in [2.75, 3.05) is 38.6 Å². The van der Waals surface area contributed by atoms with Gasteiger partial charge in [0, 0.05) is 45.0 Å². The molecule has 0 saturated carbocycles. The van der Waals surface area contributed by atoms with E-state index in [2.05, 4.69) is 24.1 Å². The zero-order valence-electron chi connectivity index (χ0n) is 12.5. The van der Waals surface area contributed by atoms with E-state index in [9.17, 15) is 8.42 Å². The standard InChI is InChI=1S/C14H23N3O2S/c1-14(2)11-15-9-10-17(14)12-5-7-13(8-6-12)20(18,19)16(3)4/h5-8,15H,9-11H2,1-4H3. The third kappa shape index (κ3) is 2.82. The van der Waals surface area contributed by atoms with Crippen LogP contribution in [0.15, 0.2) is 29.2 Å². The van der Waals surface area contributed by atoms with E-state index in [-0.39, 0.29) is 5.54 Å². The first-order valence-electron chi connectivity index (χ1n) is 6.76. The maximum Gasteiger partial charge on any atom is 0.242 e. The zero-order valence-corrected chi connectivity index (χ0v) is 13.4. The van der Waals surface area contributed by atoms with Gasteiger partial charge in [0.15, 0.2) is 0 Å². The molecule has 1 aromatic carbocycles. The highest BCUT2D eigenvalue weighted by Crippen LogP contribution is 2.26. The van der Waals surface area contributed by atoms with E-state index < -0.39 is 10.0 Å². The summed E-state index contributed by atoms with van der Waals surface area (Å²) in [5.41, 5.74) is 1.09. The van der Waals surface area contributed by atoms with Crippen LogP contribution in [0.2, 0.25) is 0 Å². The van der Waals surface area contributed by atoms with Gasteiger partial charge < -0.3 is 10.2 Å². The quantitative estimate of drug-likeness (QED) is 0.908. The van der Waals surface area contributed by atoms with Gasteiger partial charge in [0.1, 0.15) is 0 Å². The number of rotatable bonds is 3. The van der Waals surface area contributed by atoms with Crippen LogP contribution in [0.4, 0.5) is 5.69 Å². The Kier molecular flexibility index (Phi) is 4.09. The molecule has 1 heterocycles. The predicted octanol–water partition coefficient (Wildman–Crippen LogP) is 1.13. The Morgan fingerprint density at radius 3 is 2.30 bits per heavy atom. The summed E-state index contributed by atoms with van der Waals surface area (Å²) in [6, 6.07) is 7.15. The van der Waals surface area contributed by atoms with Crippen LogP contribution in [-0.2, 0) is 10.0 Å². The van der Waals surface area contributed by atoms with Gasteiger partial charge in [0.05, 0.1) is 4.90 Å². The zero-order chi connectivity index (χ0) is 15.0. The summed E-state index contributed by atoms with van der Waals surface area (Å²) < 4.78 is 25.3. The Hall–Kier alpha value is -1.11. The van der Waals surface area contributed by atoms with E-state index >= 15 is 0 Å². The Bertz CT molecular complexity index is 565. The van der Waals surface area contributed by atoms with Crippen molar-refractivity contribution in [3.05, 3.63) is 24.3 Å². The van der Waals surface area contributed by atoms with Gasteiger partial charge in [-0.1, -0.05) is 0 Å². The van der Waals surface area contributed by atoms with Crippen LogP contribution in [-0.4, -0.2) is 52.0 Å². The van der Waals surface area contributed by atoms with Crippen molar-refractivity contribution in [3.8, 4) is 0 Å². The second-order valence-corrected chi connectivity index (χ2v) is 8.07. The fourth-order valence-corrected chi connectivity index (χ4v) is 3.37.